The summed E-state index contributed by atoms with van der Waals surface area (Å²) < 4.78 is 86.8. The molecule has 0 aliphatic carbocycles. The molecule has 0 saturated heterocycles. The van der Waals surface area contributed by atoms with E-state index >= 15 is 0 Å². The SMILES string of the molecule is COc1c(F)cc(-c2oc(C(F)(F)F)nc2-c2cccc(S(N)(=O)=O)c2)cc1Br. The maximum absolute atomic E-state index is 14.3. The summed E-state index contributed by atoms with van der Waals surface area (Å²) in [5.74, 6) is -2.99. The van der Waals surface area contributed by atoms with E-state index in [1.54, 1.807) is 0 Å². The van der Waals surface area contributed by atoms with E-state index < -0.39 is 33.7 Å². The first-order chi connectivity index (χ1) is 13.4. The molecule has 6 nitrogen and oxygen atoms in total. The van der Waals surface area contributed by atoms with Crippen LogP contribution in [0, 0.1) is 5.82 Å². The molecule has 0 fully saturated rings. The molecule has 0 atom stereocenters. The van der Waals surface area contributed by atoms with E-state index in [0.717, 1.165) is 12.1 Å². The number of methoxy groups -OCH3 is 1. The predicted octanol–water partition coefficient (Wildman–Crippen LogP) is 4.59. The lowest BCUT2D eigenvalue weighted by molar-refractivity contribution is -0.156. The summed E-state index contributed by atoms with van der Waals surface area (Å²) in [5, 5.41) is 5.08. The lowest BCUT2D eigenvalue weighted by atomic mass is 10.1. The average Bonchev–Trinajstić information content (AvgIpc) is 3.06. The lowest BCUT2D eigenvalue weighted by Crippen LogP contribution is -2.12. The smallest absolute Gasteiger partial charge is 0.468 e. The van der Waals surface area contributed by atoms with Gasteiger partial charge in [-0.05, 0) is 40.2 Å². The van der Waals surface area contributed by atoms with Crippen LogP contribution in [0.3, 0.4) is 0 Å². The van der Waals surface area contributed by atoms with Gasteiger partial charge in [-0.15, -0.1) is 0 Å². The molecule has 2 N–H and O–H groups in total. The number of ether oxygens (including phenoxy) is 1. The fourth-order valence-corrected chi connectivity index (χ4v) is 3.70. The second kappa shape index (κ2) is 7.43. The van der Waals surface area contributed by atoms with Crippen LogP contribution in [0.4, 0.5) is 17.6 Å². The number of hydrogen-bond donors (Lipinski definition) is 1. The molecule has 0 saturated carbocycles. The van der Waals surface area contributed by atoms with Crippen LogP contribution in [0.5, 0.6) is 5.75 Å². The molecule has 1 aromatic heterocycles. The van der Waals surface area contributed by atoms with E-state index in [1.807, 2.05) is 0 Å². The van der Waals surface area contributed by atoms with Crippen molar-refractivity contribution in [3.8, 4) is 28.3 Å². The molecule has 2 aromatic carbocycles. The van der Waals surface area contributed by atoms with Gasteiger partial charge in [0.1, 0.15) is 5.69 Å². The van der Waals surface area contributed by atoms with Gasteiger partial charge < -0.3 is 9.15 Å². The molecule has 3 aromatic rings. The van der Waals surface area contributed by atoms with E-state index in [0.29, 0.717) is 0 Å². The Labute approximate surface area is 170 Å². The molecule has 0 radical (unpaired) electrons. The highest BCUT2D eigenvalue weighted by Gasteiger charge is 2.39. The molecule has 12 heteroatoms. The van der Waals surface area contributed by atoms with Crippen LogP contribution in [0.1, 0.15) is 5.89 Å². The average molecular weight is 495 g/mol. The summed E-state index contributed by atoms with van der Waals surface area (Å²) in [6.45, 7) is 0. The summed E-state index contributed by atoms with van der Waals surface area (Å²) in [6.07, 6.45) is -4.92. The number of aromatic nitrogens is 1. The number of sulfonamides is 1. The van der Waals surface area contributed by atoms with Crippen LogP contribution >= 0.6 is 15.9 Å². The van der Waals surface area contributed by atoms with Crippen LogP contribution in [-0.2, 0) is 16.2 Å². The van der Waals surface area contributed by atoms with Crippen molar-refractivity contribution in [2.45, 2.75) is 11.1 Å². The van der Waals surface area contributed by atoms with Gasteiger partial charge in [0.15, 0.2) is 17.3 Å². The number of alkyl halides is 3. The maximum Gasteiger partial charge on any atom is 0.468 e. The van der Waals surface area contributed by atoms with Crippen molar-refractivity contribution in [1.29, 1.82) is 0 Å². The number of oxazole rings is 1. The monoisotopic (exact) mass is 494 g/mol. The van der Waals surface area contributed by atoms with Gasteiger partial charge in [0, 0.05) is 11.1 Å². The van der Waals surface area contributed by atoms with Crippen molar-refractivity contribution in [2.24, 2.45) is 5.14 Å². The van der Waals surface area contributed by atoms with Crippen LogP contribution in [0.2, 0.25) is 0 Å². The fraction of sp³-hybridized carbons (Fsp3) is 0.118. The summed E-state index contributed by atoms with van der Waals surface area (Å²) in [6, 6.07) is 7.03. The van der Waals surface area contributed by atoms with Crippen LogP contribution in [0.15, 0.2) is 50.2 Å². The van der Waals surface area contributed by atoms with Gasteiger partial charge in [0.05, 0.1) is 16.5 Å². The zero-order chi connectivity index (χ0) is 21.6. The minimum atomic E-state index is -4.92. The highest BCUT2D eigenvalue weighted by molar-refractivity contribution is 9.10. The largest absolute Gasteiger partial charge is 0.492 e. The Morgan fingerprint density at radius 3 is 2.41 bits per heavy atom. The second-order valence-electron chi connectivity index (χ2n) is 5.74. The fourth-order valence-electron chi connectivity index (χ4n) is 2.54. The van der Waals surface area contributed by atoms with Gasteiger partial charge in [-0.1, -0.05) is 12.1 Å². The number of benzene rings is 2. The first-order valence-corrected chi connectivity index (χ1v) is 10.0. The summed E-state index contributed by atoms with van der Waals surface area (Å²) >= 11 is 3.08. The van der Waals surface area contributed by atoms with E-state index in [1.165, 1.54) is 31.4 Å². The van der Waals surface area contributed by atoms with E-state index in [9.17, 15) is 26.0 Å². The third-order valence-corrected chi connectivity index (χ3v) is 5.27. The van der Waals surface area contributed by atoms with Crippen molar-refractivity contribution >= 4 is 26.0 Å². The van der Waals surface area contributed by atoms with Crippen molar-refractivity contribution in [2.75, 3.05) is 7.11 Å². The Morgan fingerprint density at radius 1 is 1.17 bits per heavy atom. The Morgan fingerprint density at radius 2 is 1.86 bits per heavy atom. The quantitative estimate of drug-likeness (QED) is 0.535. The number of nitrogens with two attached hydrogens (primary N) is 1. The van der Waals surface area contributed by atoms with Crippen molar-refractivity contribution in [3.05, 3.63) is 52.6 Å². The molecule has 154 valence electrons. The van der Waals surface area contributed by atoms with Gasteiger partial charge in [-0.25, -0.2) is 22.9 Å². The molecule has 0 bridgehead atoms. The molecular formula is C17H11BrF4N2O4S. The number of primary sulfonamides is 1. The standard InChI is InChI=1S/C17H11BrF4N2O4S/c1-27-15-11(18)6-9(7-12(15)19)14-13(24-16(28-14)17(20,21)22)8-3-2-4-10(5-8)29(23,25)26/h2-7H,1H3,(H2,23,25,26). The van der Waals surface area contributed by atoms with Crippen molar-refractivity contribution < 1.29 is 35.1 Å². The maximum atomic E-state index is 14.3. The Kier molecular flexibility index (Phi) is 5.45. The van der Waals surface area contributed by atoms with Gasteiger partial charge in [0.2, 0.25) is 10.0 Å². The van der Waals surface area contributed by atoms with Crippen LogP contribution < -0.4 is 9.88 Å². The predicted molar refractivity (Wildman–Crippen MR) is 98.0 cm³/mol. The summed E-state index contributed by atoms with van der Waals surface area (Å²) in [5.41, 5.74) is -0.424. The van der Waals surface area contributed by atoms with Gasteiger partial charge >= 0.3 is 12.1 Å². The molecule has 0 amide bonds. The third kappa shape index (κ3) is 4.28. The number of halogens is 5. The second-order valence-corrected chi connectivity index (χ2v) is 8.16. The molecular weight excluding hydrogens is 484 g/mol. The molecule has 1 heterocycles. The van der Waals surface area contributed by atoms with Gasteiger partial charge in [-0.3, -0.25) is 0 Å². The van der Waals surface area contributed by atoms with Crippen molar-refractivity contribution in [1.82, 2.24) is 4.98 Å². The minimum absolute atomic E-state index is 0.0156. The van der Waals surface area contributed by atoms with E-state index in [4.69, 9.17) is 14.3 Å². The minimum Gasteiger partial charge on any atom is -0.492 e. The molecule has 29 heavy (non-hydrogen) atoms. The summed E-state index contributed by atoms with van der Waals surface area (Å²) in [4.78, 5) is 3.12. The van der Waals surface area contributed by atoms with Crippen LogP contribution in [0.25, 0.3) is 22.6 Å². The Bertz CT molecular complexity index is 1170. The van der Waals surface area contributed by atoms with Crippen LogP contribution in [-0.4, -0.2) is 20.5 Å². The molecule has 0 aliphatic heterocycles. The summed E-state index contributed by atoms with van der Waals surface area (Å²) in [7, 11) is -2.89. The Hall–Kier alpha value is -2.44. The highest BCUT2D eigenvalue weighted by Crippen LogP contribution is 2.41. The number of rotatable bonds is 4. The molecule has 3 rings (SSSR count). The highest BCUT2D eigenvalue weighted by atomic mass is 79.9. The zero-order valence-corrected chi connectivity index (χ0v) is 16.8. The van der Waals surface area contributed by atoms with Gasteiger partial charge in [0.25, 0.3) is 0 Å². The van der Waals surface area contributed by atoms with Crippen molar-refractivity contribution in [3.63, 3.8) is 0 Å². The van der Waals surface area contributed by atoms with Gasteiger partial charge in [-0.2, -0.15) is 13.2 Å². The lowest BCUT2D eigenvalue weighted by Gasteiger charge is -2.08. The molecule has 0 spiro atoms. The van der Waals surface area contributed by atoms with E-state index in [2.05, 4.69) is 20.9 Å². The molecule has 0 unspecified atom stereocenters. The Balaban J connectivity index is 2.28. The number of hydrogen-bond acceptors (Lipinski definition) is 5. The first-order valence-electron chi connectivity index (χ1n) is 7.66. The third-order valence-electron chi connectivity index (χ3n) is 3.77. The van der Waals surface area contributed by atoms with E-state index in [-0.39, 0.29) is 31.9 Å². The number of nitrogens with zero attached hydrogens (tertiary/aromatic N) is 1. The topological polar surface area (TPSA) is 95.4 Å². The zero-order valence-electron chi connectivity index (χ0n) is 14.4. The first kappa shape index (κ1) is 21.3. The normalized spacial score (nSPS) is 12.2. The molecule has 0 aliphatic rings.